The number of rotatable bonds is 4. The topological polar surface area (TPSA) is 47.1 Å². The Labute approximate surface area is 118 Å². The van der Waals surface area contributed by atoms with Gasteiger partial charge in [0.15, 0.2) is 0 Å². The molecule has 102 valence electrons. The van der Waals surface area contributed by atoms with Crippen LogP contribution in [0, 0.1) is 0 Å². The molecule has 4 nitrogen and oxygen atoms in total. The van der Waals surface area contributed by atoms with Crippen molar-refractivity contribution < 1.29 is 0 Å². The molecule has 19 heavy (non-hydrogen) atoms. The lowest BCUT2D eigenvalue weighted by molar-refractivity contribution is 0.766. The van der Waals surface area contributed by atoms with Gasteiger partial charge < -0.3 is 10.6 Å². The molecular weight excluding hydrogens is 260 g/mol. The van der Waals surface area contributed by atoms with E-state index in [1.54, 1.807) is 4.68 Å². The zero-order valence-corrected chi connectivity index (χ0v) is 12.2. The fourth-order valence-corrected chi connectivity index (χ4v) is 2.36. The van der Waals surface area contributed by atoms with E-state index in [-0.39, 0.29) is 6.04 Å². The number of nitrogens with two attached hydrogens (primary N) is 1. The van der Waals surface area contributed by atoms with E-state index in [0.717, 1.165) is 28.4 Å². The highest BCUT2D eigenvalue weighted by Gasteiger charge is 2.10. The second-order valence-corrected chi connectivity index (χ2v) is 5.29. The first-order chi connectivity index (χ1) is 8.97. The summed E-state index contributed by atoms with van der Waals surface area (Å²) in [5.41, 5.74) is 9.04. The first kappa shape index (κ1) is 13.9. The minimum absolute atomic E-state index is 0.00446. The van der Waals surface area contributed by atoms with Crippen LogP contribution in [-0.2, 0) is 13.6 Å². The second kappa shape index (κ2) is 5.63. The summed E-state index contributed by atoms with van der Waals surface area (Å²) in [6.45, 7) is 2.72. The molecule has 1 atom stereocenters. The fraction of sp³-hybridized carbons (Fsp3) is 0.357. The zero-order valence-electron chi connectivity index (χ0n) is 11.5. The van der Waals surface area contributed by atoms with Crippen molar-refractivity contribution in [1.29, 1.82) is 0 Å². The Morgan fingerprint density at radius 2 is 2.21 bits per heavy atom. The molecule has 0 spiro atoms. The molecular formula is C14H19ClN4. The van der Waals surface area contributed by atoms with Crippen molar-refractivity contribution in [2.24, 2.45) is 12.8 Å². The molecule has 0 bridgehead atoms. The number of aromatic nitrogens is 2. The molecule has 0 amide bonds. The summed E-state index contributed by atoms with van der Waals surface area (Å²) in [6.07, 6.45) is 3.86. The molecule has 2 N–H and O–H groups in total. The molecule has 0 radical (unpaired) electrons. The predicted octanol–water partition coefficient (Wildman–Crippen LogP) is 2.73. The summed E-state index contributed by atoms with van der Waals surface area (Å²) in [6, 6.07) is 5.96. The largest absolute Gasteiger partial charge is 0.369 e. The molecule has 0 saturated carbocycles. The molecule has 1 aromatic heterocycles. The molecule has 0 aliphatic rings. The van der Waals surface area contributed by atoms with Crippen LogP contribution in [0.4, 0.5) is 5.69 Å². The van der Waals surface area contributed by atoms with Crippen molar-refractivity contribution in [3.05, 3.63) is 46.7 Å². The lowest BCUT2D eigenvalue weighted by Gasteiger charge is -2.21. The quantitative estimate of drug-likeness (QED) is 0.935. The summed E-state index contributed by atoms with van der Waals surface area (Å²) < 4.78 is 1.80. The standard InChI is InChI=1S/C14H19ClN4/c1-10(16)12-4-5-14(13(15)6-12)18(2)8-11-7-17-19(3)9-11/h4-7,9-10H,8,16H2,1-3H3. The van der Waals surface area contributed by atoms with Crippen LogP contribution in [0.25, 0.3) is 0 Å². The molecule has 2 rings (SSSR count). The van der Waals surface area contributed by atoms with E-state index in [9.17, 15) is 0 Å². The Morgan fingerprint density at radius 3 is 2.74 bits per heavy atom. The Balaban J connectivity index is 2.17. The third kappa shape index (κ3) is 3.28. The van der Waals surface area contributed by atoms with Crippen molar-refractivity contribution in [3.8, 4) is 0 Å². The minimum Gasteiger partial charge on any atom is -0.369 e. The van der Waals surface area contributed by atoms with Gasteiger partial charge in [0.25, 0.3) is 0 Å². The highest BCUT2D eigenvalue weighted by Crippen LogP contribution is 2.28. The average Bonchev–Trinajstić information content (AvgIpc) is 2.74. The van der Waals surface area contributed by atoms with Crippen LogP contribution in [0.15, 0.2) is 30.6 Å². The summed E-state index contributed by atoms with van der Waals surface area (Å²) in [5, 5.41) is 4.89. The Bertz CT molecular complexity index is 562. The van der Waals surface area contributed by atoms with Crippen LogP contribution in [0.3, 0.4) is 0 Å². The maximum atomic E-state index is 6.32. The van der Waals surface area contributed by atoms with Crippen molar-refractivity contribution in [3.63, 3.8) is 0 Å². The van der Waals surface area contributed by atoms with Gasteiger partial charge in [-0.2, -0.15) is 5.10 Å². The summed E-state index contributed by atoms with van der Waals surface area (Å²) in [7, 11) is 3.92. The van der Waals surface area contributed by atoms with Gasteiger partial charge in [-0.15, -0.1) is 0 Å². The Hall–Kier alpha value is -1.52. The van der Waals surface area contributed by atoms with Crippen LogP contribution >= 0.6 is 11.6 Å². The van der Waals surface area contributed by atoms with Crippen molar-refractivity contribution >= 4 is 17.3 Å². The van der Waals surface area contributed by atoms with Gasteiger partial charge in [-0.05, 0) is 24.6 Å². The van der Waals surface area contributed by atoms with E-state index in [2.05, 4.69) is 10.00 Å². The van der Waals surface area contributed by atoms with Crippen LogP contribution < -0.4 is 10.6 Å². The molecule has 1 unspecified atom stereocenters. The molecule has 0 saturated heterocycles. The van der Waals surface area contributed by atoms with Gasteiger partial charge in [-0.1, -0.05) is 17.7 Å². The monoisotopic (exact) mass is 278 g/mol. The molecule has 1 aromatic carbocycles. The molecule has 5 heteroatoms. The van der Waals surface area contributed by atoms with Crippen LogP contribution in [0.2, 0.25) is 5.02 Å². The van der Waals surface area contributed by atoms with Crippen LogP contribution in [0.1, 0.15) is 24.1 Å². The number of hydrogen-bond acceptors (Lipinski definition) is 3. The number of halogens is 1. The number of benzene rings is 1. The van der Waals surface area contributed by atoms with Gasteiger partial charge in [-0.25, -0.2) is 0 Å². The van der Waals surface area contributed by atoms with Gasteiger partial charge in [0.05, 0.1) is 16.9 Å². The molecule has 0 aliphatic carbocycles. The fourth-order valence-electron chi connectivity index (χ4n) is 2.03. The third-order valence-electron chi connectivity index (χ3n) is 3.09. The van der Waals surface area contributed by atoms with E-state index >= 15 is 0 Å². The van der Waals surface area contributed by atoms with Crippen molar-refractivity contribution in [2.75, 3.05) is 11.9 Å². The van der Waals surface area contributed by atoms with E-state index in [1.807, 2.05) is 51.6 Å². The number of hydrogen-bond donors (Lipinski definition) is 1. The van der Waals surface area contributed by atoms with E-state index in [1.165, 1.54) is 0 Å². The first-order valence-corrected chi connectivity index (χ1v) is 6.59. The van der Waals surface area contributed by atoms with Crippen LogP contribution in [-0.4, -0.2) is 16.8 Å². The van der Waals surface area contributed by atoms with Crippen molar-refractivity contribution in [2.45, 2.75) is 19.5 Å². The highest BCUT2D eigenvalue weighted by atomic mass is 35.5. The smallest absolute Gasteiger partial charge is 0.0642 e. The summed E-state index contributed by atoms with van der Waals surface area (Å²) in [5.74, 6) is 0. The third-order valence-corrected chi connectivity index (χ3v) is 3.39. The van der Waals surface area contributed by atoms with E-state index < -0.39 is 0 Å². The zero-order chi connectivity index (χ0) is 14.0. The van der Waals surface area contributed by atoms with Crippen molar-refractivity contribution in [1.82, 2.24) is 9.78 Å². The minimum atomic E-state index is -0.00446. The maximum Gasteiger partial charge on any atom is 0.0642 e. The average molecular weight is 279 g/mol. The SMILES string of the molecule is CC(N)c1ccc(N(C)Cc2cnn(C)c2)c(Cl)c1. The molecule has 0 fully saturated rings. The van der Waals surface area contributed by atoms with Gasteiger partial charge in [-0.3, -0.25) is 4.68 Å². The summed E-state index contributed by atoms with van der Waals surface area (Å²) >= 11 is 6.32. The van der Waals surface area contributed by atoms with Crippen LogP contribution in [0.5, 0.6) is 0 Å². The van der Waals surface area contributed by atoms with Gasteiger partial charge >= 0.3 is 0 Å². The second-order valence-electron chi connectivity index (χ2n) is 4.88. The van der Waals surface area contributed by atoms with E-state index in [4.69, 9.17) is 17.3 Å². The number of aryl methyl sites for hydroxylation is 1. The molecule has 1 heterocycles. The van der Waals surface area contributed by atoms with E-state index in [0.29, 0.717) is 0 Å². The highest BCUT2D eigenvalue weighted by molar-refractivity contribution is 6.33. The van der Waals surface area contributed by atoms with Gasteiger partial charge in [0.2, 0.25) is 0 Å². The molecule has 0 aliphatic heterocycles. The lowest BCUT2D eigenvalue weighted by atomic mass is 10.1. The number of anilines is 1. The number of nitrogens with zero attached hydrogens (tertiary/aromatic N) is 3. The summed E-state index contributed by atoms with van der Waals surface area (Å²) in [4.78, 5) is 2.10. The van der Waals surface area contributed by atoms with Gasteiger partial charge in [0.1, 0.15) is 0 Å². The lowest BCUT2D eigenvalue weighted by Crippen LogP contribution is -2.17. The Morgan fingerprint density at radius 1 is 1.47 bits per heavy atom. The Kier molecular flexibility index (Phi) is 4.12. The maximum absolute atomic E-state index is 6.32. The normalized spacial score (nSPS) is 12.5. The first-order valence-electron chi connectivity index (χ1n) is 6.21. The van der Waals surface area contributed by atoms with Gasteiger partial charge in [0, 0.05) is 38.4 Å². The molecule has 2 aromatic rings. The predicted molar refractivity (Wildman–Crippen MR) is 79.4 cm³/mol.